The molecule has 126 valence electrons. The Morgan fingerprint density at radius 3 is 2.50 bits per heavy atom. The van der Waals surface area contributed by atoms with Crippen molar-refractivity contribution in [3.63, 3.8) is 0 Å². The van der Waals surface area contributed by atoms with Crippen molar-refractivity contribution < 1.29 is 0 Å². The Labute approximate surface area is 141 Å². The Balaban J connectivity index is 0.00000242. The minimum Gasteiger partial charge on any atom is -0.357 e. The van der Waals surface area contributed by atoms with E-state index in [2.05, 4.69) is 53.1 Å². The third-order valence-corrected chi connectivity index (χ3v) is 4.55. The van der Waals surface area contributed by atoms with Gasteiger partial charge >= 0.3 is 0 Å². The lowest BCUT2D eigenvalue weighted by Gasteiger charge is -2.32. The summed E-state index contributed by atoms with van der Waals surface area (Å²) in [6.07, 6.45) is 4.65. The Bertz CT molecular complexity index is 413. The van der Waals surface area contributed by atoms with E-state index < -0.39 is 0 Å². The van der Waals surface area contributed by atoms with Crippen LogP contribution in [0.1, 0.15) is 32.3 Å². The highest BCUT2D eigenvalue weighted by Gasteiger charge is 2.18. The molecule has 1 aliphatic heterocycles. The molecule has 0 unspecified atom stereocenters. The van der Waals surface area contributed by atoms with Crippen molar-refractivity contribution >= 4 is 18.2 Å². The summed E-state index contributed by atoms with van der Waals surface area (Å²) in [6.45, 7) is 8.98. The van der Waals surface area contributed by atoms with Gasteiger partial charge in [-0.1, -0.05) is 6.07 Å². The second-order valence-corrected chi connectivity index (χ2v) is 6.51. The number of hydrogen-bond acceptors (Lipinski definition) is 4. The van der Waals surface area contributed by atoms with Crippen LogP contribution in [0.5, 0.6) is 0 Å². The van der Waals surface area contributed by atoms with Crippen LogP contribution in [-0.4, -0.2) is 49.7 Å². The van der Waals surface area contributed by atoms with E-state index in [4.69, 9.17) is 0 Å². The van der Waals surface area contributed by atoms with Gasteiger partial charge in [0.05, 0.1) is 0 Å². The Morgan fingerprint density at radius 1 is 1.32 bits per heavy atom. The van der Waals surface area contributed by atoms with E-state index in [9.17, 15) is 0 Å². The van der Waals surface area contributed by atoms with Crippen molar-refractivity contribution in [1.82, 2.24) is 15.2 Å². The molecule has 1 aliphatic rings. The molecule has 0 amide bonds. The second kappa shape index (κ2) is 9.33. The molecular weight excluding hydrogens is 296 g/mol. The zero-order valence-corrected chi connectivity index (χ0v) is 15.2. The van der Waals surface area contributed by atoms with E-state index in [0.717, 1.165) is 24.8 Å². The summed E-state index contributed by atoms with van der Waals surface area (Å²) in [4.78, 5) is 9.35. The fourth-order valence-electron chi connectivity index (χ4n) is 2.88. The number of pyridine rings is 1. The number of anilines is 1. The SMILES string of the molecule is CNCC1CCN(Cc2ccc(N(C)C(C)C)nc2)CC1.Cl. The Hall–Kier alpha value is -0.840. The normalized spacial score (nSPS) is 16.6. The molecule has 0 saturated carbocycles. The summed E-state index contributed by atoms with van der Waals surface area (Å²) in [5.41, 5.74) is 1.32. The average molecular weight is 327 g/mol. The van der Waals surface area contributed by atoms with Crippen LogP contribution in [-0.2, 0) is 6.54 Å². The fourth-order valence-corrected chi connectivity index (χ4v) is 2.88. The highest BCUT2D eigenvalue weighted by atomic mass is 35.5. The molecule has 1 fully saturated rings. The molecule has 1 aromatic heterocycles. The summed E-state index contributed by atoms with van der Waals surface area (Å²) in [6, 6.07) is 4.85. The molecule has 5 heteroatoms. The molecule has 0 radical (unpaired) electrons. The van der Waals surface area contributed by atoms with Crippen molar-refractivity contribution in [3.8, 4) is 0 Å². The minimum atomic E-state index is 0. The lowest BCUT2D eigenvalue weighted by Crippen LogP contribution is -2.36. The summed E-state index contributed by atoms with van der Waals surface area (Å²) in [7, 11) is 4.15. The molecule has 0 bridgehead atoms. The van der Waals surface area contributed by atoms with Gasteiger partial charge in [0, 0.05) is 25.8 Å². The van der Waals surface area contributed by atoms with Gasteiger partial charge in [-0.3, -0.25) is 4.90 Å². The van der Waals surface area contributed by atoms with Crippen LogP contribution in [0.3, 0.4) is 0 Å². The van der Waals surface area contributed by atoms with E-state index >= 15 is 0 Å². The number of nitrogens with zero attached hydrogens (tertiary/aromatic N) is 3. The number of likely N-dealkylation sites (tertiary alicyclic amines) is 1. The highest BCUT2D eigenvalue weighted by Crippen LogP contribution is 2.19. The molecule has 0 spiro atoms. The molecule has 2 rings (SSSR count). The first-order valence-electron chi connectivity index (χ1n) is 8.15. The number of rotatable bonds is 6. The molecule has 2 heterocycles. The molecule has 0 aliphatic carbocycles. The van der Waals surface area contributed by atoms with Crippen LogP contribution >= 0.6 is 12.4 Å². The molecule has 1 N–H and O–H groups in total. The fraction of sp³-hybridized carbons (Fsp3) is 0.706. The standard InChI is InChI=1S/C17H30N4.ClH/c1-14(2)20(4)17-6-5-16(12-19-17)13-21-9-7-15(8-10-21)11-18-3;/h5-6,12,14-15,18H,7-11,13H2,1-4H3;1H. The lowest BCUT2D eigenvalue weighted by atomic mass is 9.96. The van der Waals surface area contributed by atoms with Gasteiger partial charge in [0.1, 0.15) is 5.82 Å². The topological polar surface area (TPSA) is 31.4 Å². The first-order valence-corrected chi connectivity index (χ1v) is 8.15. The van der Waals surface area contributed by atoms with Crippen LogP contribution in [0, 0.1) is 5.92 Å². The van der Waals surface area contributed by atoms with E-state index in [-0.39, 0.29) is 12.4 Å². The third-order valence-electron chi connectivity index (χ3n) is 4.55. The summed E-state index contributed by atoms with van der Waals surface area (Å²) in [5.74, 6) is 1.91. The van der Waals surface area contributed by atoms with Gasteiger partial charge in [-0.2, -0.15) is 0 Å². The van der Waals surface area contributed by atoms with Crippen LogP contribution in [0.2, 0.25) is 0 Å². The molecule has 1 saturated heterocycles. The van der Waals surface area contributed by atoms with E-state index in [1.165, 1.54) is 31.5 Å². The third kappa shape index (κ3) is 5.41. The van der Waals surface area contributed by atoms with Gasteiger partial charge in [0.2, 0.25) is 0 Å². The van der Waals surface area contributed by atoms with Gasteiger partial charge in [0.25, 0.3) is 0 Å². The zero-order chi connectivity index (χ0) is 15.2. The van der Waals surface area contributed by atoms with Crippen LogP contribution in [0.15, 0.2) is 18.3 Å². The molecule has 0 atom stereocenters. The number of piperidine rings is 1. The largest absolute Gasteiger partial charge is 0.357 e. The van der Waals surface area contributed by atoms with E-state index in [0.29, 0.717) is 6.04 Å². The maximum absolute atomic E-state index is 4.60. The lowest BCUT2D eigenvalue weighted by molar-refractivity contribution is 0.176. The van der Waals surface area contributed by atoms with Gasteiger partial charge in [-0.05, 0) is 70.9 Å². The van der Waals surface area contributed by atoms with Crippen LogP contribution in [0.25, 0.3) is 0 Å². The smallest absolute Gasteiger partial charge is 0.128 e. The van der Waals surface area contributed by atoms with Gasteiger partial charge in [-0.15, -0.1) is 12.4 Å². The second-order valence-electron chi connectivity index (χ2n) is 6.51. The van der Waals surface area contributed by atoms with Crippen molar-refractivity contribution in [2.75, 3.05) is 38.6 Å². The zero-order valence-electron chi connectivity index (χ0n) is 14.4. The molecular formula is C17H31ClN4. The predicted molar refractivity (Wildman–Crippen MR) is 97.0 cm³/mol. The van der Waals surface area contributed by atoms with Crippen LogP contribution < -0.4 is 10.2 Å². The van der Waals surface area contributed by atoms with Crippen molar-refractivity contribution in [3.05, 3.63) is 23.9 Å². The van der Waals surface area contributed by atoms with Crippen LogP contribution in [0.4, 0.5) is 5.82 Å². The first kappa shape index (κ1) is 19.2. The minimum absolute atomic E-state index is 0. The summed E-state index contributed by atoms with van der Waals surface area (Å²) < 4.78 is 0. The van der Waals surface area contributed by atoms with Crippen molar-refractivity contribution in [2.45, 2.75) is 39.3 Å². The van der Waals surface area contributed by atoms with Gasteiger partial charge in [0.15, 0.2) is 0 Å². The molecule has 1 aromatic rings. The number of aromatic nitrogens is 1. The monoisotopic (exact) mass is 326 g/mol. The maximum Gasteiger partial charge on any atom is 0.128 e. The average Bonchev–Trinajstić information content (AvgIpc) is 2.49. The van der Waals surface area contributed by atoms with E-state index in [1.807, 2.05) is 13.2 Å². The summed E-state index contributed by atoms with van der Waals surface area (Å²) in [5, 5.41) is 3.29. The molecule has 4 nitrogen and oxygen atoms in total. The number of hydrogen-bond donors (Lipinski definition) is 1. The van der Waals surface area contributed by atoms with Gasteiger partial charge in [-0.25, -0.2) is 4.98 Å². The first-order chi connectivity index (χ1) is 10.1. The highest BCUT2D eigenvalue weighted by molar-refractivity contribution is 5.85. The van der Waals surface area contributed by atoms with Crippen molar-refractivity contribution in [1.29, 1.82) is 0 Å². The number of nitrogens with one attached hydrogen (secondary N) is 1. The van der Waals surface area contributed by atoms with Crippen molar-refractivity contribution in [2.24, 2.45) is 5.92 Å². The quantitative estimate of drug-likeness (QED) is 0.871. The summed E-state index contributed by atoms with van der Waals surface area (Å²) >= 11 is 0. The van der Waals surface area contributed by atoms with Gasteiger partial charge < -0.3 is 10.2 Å². The van der Waals surface area contributed by atoms with E-state index in [1.54, 1.807) is 0 Å². The number of halogens is 1. The Kier molecular flexibility index (Phi) is 8.15. The molecule has 22 heavy (non-hydrogen) atoms. The Morgan fingerprint density at radius 2 is 2.00 bits per heavy atom. The predicted octanol–water partition coefficient (Wildman–Crippen LogP) is 2.78. The maximum atomic E-state index is 4.60. The molecule has 0 aromatic carbocycles.